The van der Waals surface area contributed by atoms with Crippen molar-refractivity contribution in [1.29, 1.82) is 0 Å². The maximum absolute atomic E-state index is 6.19. The lowest BCUT2D eigenvalue weighted by Gasteiger charge is -2.05. The first kappa shape index (κ1) is 15.7. The molecule has 0 aliphatic carbocycles. The second-order valence-electron chi connectivity index (χ2n) is 5.77. The molecule has 0 saturated carbocycles. The van der Waals surface area contributed by atoms with E-state index in [0.29, 0.717) is 16.7 Å². The van der Waals surface area contributed by atoms with Crippen molar-refractivity contribution in [1.82, 2.24) is 19.7 Å². The molecule has 1 aromatic carbocycles. The summed E-state index contributed by atoms with van der Waals surface area (Å²) in [4.78, 5) is 4.54. The molecule has 7 heteroatoms. The molecule has 0 N–H and O–H groups in total. The average molecular weight is 361 g/mol. The molecule has 1 aliphatic rings. The van der Waals surface area contributed by atoms with Gasteiger partial charge in [-0.25, -0.2) is 4.98 Å². The highest BCUT2D eigenvalue weighted by Crippen LogP contribution is 2.29. The zero-order chi connectivity index (χ0) is 16.4. The third-order valence-electron chi connectivity index (χ3n) is 4.08. The van der Waals surface area contributed by atoms with E-state index in [9.17, 15) is 0 Å². The average Bonchev–Trinajstić information content (AvgIpc) is 3.14. The quantitative estimate of drug-likeness (QED) is 0.636. The lowest BCUT2D eigenvalue weighted by Crippen LogP contribution is -2.02. The minimum Gasteiger partial charge on any atom is -0.444 e. The standard InChI is InChI=1S/C17H17ClN4OS/c18-14-7-4-3-6-13(14)16-19-12(10-23-16)11-24-17-21-20-15-8-2-1-5-9-22(15)17/h3-4,6-7,10H,1-2,5,8-9,11H2. The largest absolute Gasteiger partial charge is 0.444 e. The number of thioether (sulfide) groups is 1. The summed E-state index contributed by atoms with van der Waals surface area (Å²) in [6.45, 7) is 1.01. The van der Waals surface area contributed by atoms with E-state index in [1.54, 1.807) is 18.0 Å². The van der Waals surface area contributed by atoms with E-state index in [-0.39, 0.29) is 0 Å². The molecule has 3 heterocycles. The van der Waals surface area contributed by atoms with Gasteiger partial charge in [0.25, 0.3) is 0 Å². The van der Waals surface area contributed by atoms with E-state index in [4.69, 9.17) is 16.0 Å². The van der Waals surface area contributed by atoms with Crippen LogP contribution in [-0.4, -0.2) is 19.7 Å². The van der Waals surface area contributed by atoms with Crippen LogP contribution in [0, 0.1) is 0 Å². The second kappa shape index (κ2) is 6.99. The summed E-state index contributed by atoms with van der Waals surface area (Å²) in [5, 5.41) is 10.3. The molecule has 0 bridgehead atoms. The first-order chi connectivity index (χ1) is 11.8. The first-order valence-corrected chi connectivity index (χ1v) is 9.42. The Kier molecular flexibility index (Phi) is 4.58. The molecule has 0 saturated heterocycles. The van der Waals surface area contributed by atoms with Gasteiger partial charge in [0, 0.05) is 18.7 Å². The molecule has 0 fully saturated rings. The third-order valence-corrected chi connectivity index (χ3v) is 5.41. The molecule has 4 rings (SSSR count). The van der Waals surface area contributed by atoms with E-state index in [0.717, 1.165) is 35.2 Å². The van der Waals surface area contributed by atoms with Crippen LogP contribution in [-0.2, 0) is 18.7 Å². The van der Waals surface area contributed by atoms with Gasteiger partial charge in [0.05, 0.1) is 16.3 Å². The fourth-order valence-corrected chi connectivity index (χ4v) is 3.91. The summed E-state index contributed by atoms with van der Waals surface area (Å²) in [6.07, 6.45) is 6.37. The molecule has 0 spiro atoms. The Morgan fingerprint density at radius 2 is 2.08 bits per heavy atom. The first-order valence-electron chi connectivity index (χ1n) is 8.05. The highest BCUT2D eigenvalue weighted by Gasteiger charge is 2.16. The number of hydrogen-bond donors (Lipinski definition) is 0. The minimum atomic E-state index is 0.552. The molecule has 5 nitrogen and oxygen atoms in total. The van der Waals surface area contributed by atoms with Gasteiger partial charge in [-0.05, 0) is 25.0 Å². The summed E-state index contributed by atoms with van der Waals surface area (Å²) in [5.41, 5.74) is 1.69. The number of fused-ring (bicyclic) bond motifs is 1. The predicted octanol–water partition coefficient (Wildman–Crippen LogP) is 4.61. The fourth-order valence-electron chi connectivity index (χ4n) is 2.84. The maximum atomic E-state index is 6.19. The normalized spacial score (nSPS) is 14.4. The highest BCUT2D eigenvalue weighted by molar-refractivity contribution is 7.98. The Balaban J connectivity index is 1.48. The predicted molar refractivity (Wildman–Crippen MR) is 94.1 cm³/mol. The fraction of sp³-hybridized carbons (Fsp3) is 0.353. The lowest BCUT2D eigenvalue weighted by molar-refractivity contribution is 0.573. The van der Waals surface area contributed by atoms with E-state index in [1.807, 2.05) is 24.3 Å². The minimum absolute atomic E-state index is 0.552. The molecule has 0 unspecified atom stereocenters. The van der Waals surface area contributed by atoms with Gasteiger partial charge in [0.15, 0.2) is 5.16 Å². The van der Waals surface area contributed by atoms with Gasteiger partial charge in [-0.2, -0.15) is 0 Å². The van der Waals surface area contributed by atoms with Crippen molar-refractivity contribution < 1.29 is 4.42 Å². The monoisotopic (exact) mass is 360 g/mol. The van der Waals surface area contributed by atoms with Crippen LogP contribution in [0.1, 0.15) is 30.8 Å². The Bertz CT molecular complexity index is 845. The van der Waals surface area contributed by atoms with Crippen LogP contribution < -0.4 is 0 Å². The van der Waals surface area contributed by atoms with Gasteiger partial charge in [-0.3, -0.25) is 0 Å². The summed E-state index contributed by atoms with van der Waals surface area (Å²) in [5.74, 6) is 2.36. The molecule has 124 valence electrons. The van der Waals surface area contributed by atoms with E-state index in [1.165, 1.54) is 19.3 Å². The summed E-state index contributed by atoms with van der Waals surface area (Å²) >= 11 is 7.85. The summed E-state index contributed by atoms with van der Waals surface area (Å²) in [7, 11) is 0. The maximum Gasteiger partial charge on any atom is 0.227 e. The van der Waals surface area contributed by atoms with Gasteiger partial charge in [0.1, 0.15) is 12.1 Å². The number of nitrogens with zero attached hydrogens (tertiary/aromatic N) is 4. The van der Waals surface area contributed by atoms with Gasteiger partial charge in [-0.15, -0.1) is 10.2 Å². The zero-order valence-electron chi connectivity index (χ0n) is 13.1. The summed E-state index contributed by atoms with van der Waals surface area (Å²) < 4.78 is 7.83. The second-order valence-corrected chi connectivity index (χ2v) is 7.12. The van der Waals surface area contributed by atoms with Gasteiger partial charge < -0.3 is 8.98 Å². The topological polar surface area (TPSA) is 56.7 Å². The number of aromatic nitrogens is 4. The van der Waals surface area contributed by atoms with E-state index in [2.05, 4.69) is 19.7 Å². The van der Waals surface area contributed by atoms with Crippen LogP contribution in [0.25, 0.3) is 11.5 Å². The molecule has 1 aliphatic heterocycles. The van der Waals surface area contributed by atoms with Gasteiger partial charge in [0.2, 0.25) is 5.89 Å². The zero-order valence-corrected chi connectivity index (χ0v) is 14.7. The lowest BCUT2D eigenvalue weighted by atomic mass is 10.2. The van der Waals surface area contributed by atoms with Crippen LogP contribution in [0.3, 0.4) is 0 Å². The summed E-state index contributed by atoms with van der Waals surface area (Å²) in [6, 6.07) is 7.55. The number of rotatable bonds is 4. The van der Waals surface area contributed by atoms with Crippen molar-refractivity contribution in [3.8, 4) is 11.5 Å². The Morgan fingerprint density at radius 3 is 3.00 bits per heavy atom. The number of oxazole rings is 1. The Hall–Kier alpha value is -1.79. The van der Waals surface area contributed by atoms with Gasteiger partial charge in [-0.1, -0.05) is 41.9 Å². The van der Waals surface area contributed by atoms with Crippen molar-refractivity contribution >= 4 is 23.4 Å². The molecule has 3 aromatic rings. The van der Waals surface area contributed by atoms with Gasteiger partial charge >= 0.3 is 0 Å². The van der Waals surface area contributed by atoms with Crippen molar-refractivity contribution in [2.45, 2.75) is 43.1 Å². The Morgan fingerprint density at radius 1 is 1.17 bits per heavy atom. The van der Waals surface area contributed by atoms with Crippen LogP contribution in [0.2, 0.25) is 5.02 Å². The number of hydrogen-bond acceptors (Lipinski definition) is 5. The highest BCUT2D eigenvalue weighted by atomic mass is 35.5. The van der Waals surface area contributed by atoms with E-state index < -0.39 is 0 Å². The molecular weight excluding hydrogens is 344 g/mol. The molecular formula is C17H17ClN4OS. The van der Waals surface area contributed by atoms with Crippen molar-refractivity contribution in [3.63, 3.8) is 0 Å². The van der Waals surface area contributed by atoms with Crippen LogP contribution in [0.4, 0.5) is 0 Å². The van der Waals surface area contributed by atoms with Crippen molar-refractivity contribution in [2.75, 3.05) is 0 Å². The smallest absolute Gasteiger partial charge is 0.227 e. The molecule has 0 atom stereocenters. The molecule has 2 aromatic heterocycles. The van der Waals surface area contributed by atoms with Crippen LogP contribution in [0.15, 0.2) is 40.1 Å². The van der Waals surface area contributed by atoms with Crippen molar-refractivity contribution in [3.05, 3.63) is 47.1 Å². The number of benzene rings is 1. The molecule has 24 heavy (non-hydrogen) atoms. The number of halogens is 1. The molecule has 0 radical (unpaired) electrons. The Labute approximate surface area is 149 Å². The van der Waals surface area contributed by atoms with Crippen LogP contribution >= 0.6 is 23.4 Å². The van der Waals surface area contributed by atoms with Crippen molar-refractivity contribution in [2.24, 2.45) is 0 Å². The third kappa shape index (κ3) is 3.21. The number of aryl methyl sites for hydroxylation is 1. The SMILES string of the molecule is Clc1ccccc1-c1nc(CSc2nnc3n2CCCCC3)co1. The molecule has 0 amide bonds. The van der Waals surface area contributed by atoms with E-state index >= 15 is 0 Å². The van der Waals surface area contributed by atoms with Crippen LogP contribution in [0.5, 0.6) is 0 Å².